The molecule has 1 saturated heterocycles. The number of aryl methyl sites for hydroxylation is 1. The van der Waals surface area contributed by atoms with E-state index in [4.69, 9.17) is 26.1 Å². The van der Waals surface area contributed by atoms with Crippen molar-refractivity contribution >= 4 is 34.1 Å². The summed E-state index contributed by atoms with van der Waals surface area (Å²) in [5.74, 6) is 1.01. The Hall–Kier alpha value is -3.58. The van der Waals surface area contributed by atoms with Gasteiger partial charge in [-0.25, -0.2) is 4.98 Å². The standard InChI is InChI=1S/C27H29ClN4O3/c1-5-8-23(31(3)4)20-13-18(2)30-27-19(20)9-6-10-24(27)34-16-21-22(28)14-29-15-25(21)35-17-26(33)32-11-7-12-32/h5-6,8-10,13-15H,1,7,11-12,16-17H2,2-4H3/b23-8-. The highest BCUT2D eigenvalue weighted by molar-refractivity contribution is 6.31. The van der Waals surface area contributed by atoms with Crippen LogP contribution in [0.25, 0.3) is 16.6 Å². The van der Waals surface area contributed by atoms with Crippen LogP contribution in [-0.4, -0.2) is 59.5 Å². The van der Waals surface area contributed by atoms with E-state index in [9.17, 15) is 4.79 Å². The number of rotatable bonds is 9. The number of para-hydroxylation sites is 1. The first-order valence-electron chi connectivity index (χ1n) is 11.5. The minimum absolute atomic E-state index is 0.0476. The molecule has 3 aromatic rings. The van der Waals surface area contributed by atoms with E-state index >= 15 is 0 Å². The molecule has 1 aliphatic rings. The number of aromatic nitrogens is 2. The van der Waals surface area contributed by atoms with Crippen LogP contribution in [0.1, 0.15) is 23.2 Å². The molecule has 1 aromatic carbocycles. The van der Waals surface area contributed by atoms with Crippen LogP contribution < -0.4 is 9.47 Å². The molecule has 0 radical (unpaired) electrons. The van der Waals surface area contributed by atoms with Gasteiger partial charge in [0.2, 0.25) is 0 Å². The lowest BCUT2D eigenvalue weighted by Crippen LogP contribution is -2.44. The molecule has 0 aliphatic carbocycles. The number of allylic oxidation sites excluding steroid dienone is 2. The van der Waals surface area contributed by atoms with E-state index in [2.05, 4.69) is 17.6 Å². The van der Waals surface area contributed by atoms with Gasteiger partial charge in [-0.3, -0.25) is 9.78 Å². The molecule has 0 unspecified atom stereocenters. The Morgan fingerprint density at radius 2 is 2.03 bits per heavy atom. The van der Waals surface area contributed by atoms with Crippen molar-refractivity contribution in [2.45, 2.75) is 20.0 Å². The largest absolute Gasteiger partial charge is 0.486 e. The summed E-state index contributed by atoms with van der Waals surface area (Å²) in [6.07, 6.45) is 7.88. The van der Waals surface area contributed by atoms with Gasteiger partial charge in [0.25, 0.3) is 5.91 Å². The first-order valence-corrected chi connectivity index (χ1v) is 11.8. The fourth-order valence-corrected chi connectivity index (χ4v) is 4.13. The van der Waals surface area contributed by atoms with Crippen LogP contribution in [0.4, 0.5) is 0 Å². The van der Waals surface area contributed by atoms with E-state index in [1.54, 1.807) is 17.2 Å². The summed E-state index contributed by atoms with van der Waals surface area (Å²) in [6.45, 7) is 7.45. The number of hydrogen-bond acceptors (Lipinski definition) is 6. The van der Waals surface area contributed by atoms with Gasteiger partial charge in [-0.1, -0.05) is 36.4 Å². The summed E-state index contributed by atoms with van der Waals surface area (Å²) in [4.78, 5) is 24.9. The fraction of sp³-hybridized carbons (Fsp3) is 0.296. The maximum absolute atomic E-state index is 12.2. The molecular formula is C27H29ClN4O3. The summed E-state index contributed by atoms with van der Waals surface area (Å²) < 4.78 is 12.0. The van der Waals surface area contributed by atoms with Gasteiger partial charge in [0.15, 0.2) is 6.61 Å². The molecule has 0 saturated carbocycles. The van der Waals surface area contributed by atoms with Gasteiger partial charge in [0.05, 0.1) is 16.8 Å². The SMILES string of the molecule is C=C/C=C(/c1cc(C)nc2c(OCc3c(Cl)cncc3OCC(=O)N3CCC3)cccc12)N(C)C. The summed E-state index contributed by atoms with van der Waals surface area (Å²) in [6, 6.07) is 7.91. The van der Waals surface area contributed by atoms with E-state index in [0.29, 0.717) is 22.1 Å². The van der Waals surface area contributed by atoms with Crippen molar-refractivity contribution in [3.8, 4) is 11.5 Å². The van der Waals surface area contributed by atoms with Crippen LogP contribution >= 0.6 is 11.6 Å². The van der Waals surface area contributed by atoms with Gasteiger partial charge in [-0.05, 0) is 31.6 Å². The number of nitrogens with zero attached hydrogens (tertiary/aromatic N) is 4. The monoisotopic (exact) mass is 492 g/mol. The highest BCUT2D eigenvalue weighted by Gasteiger charge is 2.21. The van der Waals surface area contributed by atoms with Crippen LogP contribution in [0, 0.1) is 6.92 Å². The molecular weight excluding hydrogens is 464 g/mol. The first kappa shape index (κ1) is 24.5. The molecule has 8 heteroatoms. The van der Waals surface area contributed by atoms with Crippen molar-refractivity contribution in [3.63, 3.8) is 0 Å². The number of fused-ring (bicyclic) bond motifs is 1. The van der Waals surface area contributed by atoms with E-state index in [1.807, 2.05) is 50.2 Å². The first-order chi connectivity index (χ1) is 16.9. The van der Waals surface area contributed by atoms with Crippen LogP contribution in [0.3, 0.4) is 0 Å². The second kappa shape index (κ2) is 10.8. The molecule has 2 aromatic heterocycles. The summed E-state index contributed by atoms with van der Waals surface area (Å²) >= 11 is 6.44. The van der Waals surface area contributed by atoms with Gasteiger partial charge >= 0.3 is 0 Å². The average Bonchev–Trinajstić information content (AvgIpc) is 2.79. The second-order valence-electron chi connectivity index (χ2n) is 8.56. The predicted octanol–water partition coefficient (Wildman–Crippen LogP) is 4.87. The Morgan fingerprint density at radius 1 is 1.23 bits per heavy atom. The number of carbonyl (C=O) groups excluding carboxylic acids is 1. The molecule has 0 spiro atoms. The third-order valence-electron chi connectivity index (χ3n) is 5.86. The van der Waals surface area contributed by atoms with Crippen LogP contribution in [-0.2, 0) is 11.4 Å². The van der Waals surface area contributed by atoms with Crippen LogP contribution in [0.15, 0.2) is 55.4 Å². The minimum atomic E-state index is -0.0592. The highest BCUT2D eigenvalue weighted by Crippen LogP contribution is 2.33. The van der Waals surface area contributed by atoms with Gasteiger partial charge < -0.3 is 19.3 Å². The molecule has 0 atom stereocenters. The van der Waals surface area contributed by atoms with E-state index in [1.165, 1.54) is 6.20 Å². The smallest absolute Gasteiger partial charge is 0.260 e. The third-order valence-corrected chi connectivity index (χ3v) is 6.19. The Balaban J connectivity index is 1.62. The maximum Gasteiger partial charge on any atom is 0.260 e. The fourth-order valence-electron chi connectivity index (χ4n) is 3.92. The molecule has 3 heterocycles. The average molecular weight is 493 g/mol. The number of halogens is 1. The van der Waals surface area contributed by atoms with E-state index in [-0.39, 0.29) is 19.1 Å². The zero-order chi connectivity index (χ0) is 24.9. The summed E-state index contributed by atoms with van der Waals surface area (Å²) in [7, 11) is 3.99. The zero-order valence-electron chi connectivity index (χ0n) is 20.3. The lowest BCUT2D eigenvalue weighted by Gasteiger charge is -2.30. The van der Waals surface area contributed by atoms with Gasteiger partial charge in [0, 0.05) is 55.7 Å². The number of likely N-dealkylation sites (tertiary alicyclic amines) is 1. The molecule has 1 aliphatic heterocycles. The molecule has 35 heavy (non-hydrogen) atoms. The lowest BCUT2D eigenvalue weighted by atomic mass is 10.0. The minimum Gasteiger partial charge on any atom is -0.486 e. The highest BCUT2D eigenvalue weighted by atomic mass is 35.5. The molecule has 182 valence electrons. The Kier molecular flexibility index (Phi) is 7.56. The van der Waals surface area contributed by atoms with Crippen molar-refractivity contribution < 1.29 is 14.3 Å². The number of benzene rings is 1. The number of ether oxygens (including phenoxy) is 2. The zero-order valence-corrected chi connectivity index (χ0v) is 21.0. The lowest BCUT2D eigenvalue weighted by molar-refractivity contribution is -0.136. The number of amides is 1. The van der Waals surface area contributed by atoms with Crippen molar-refractivity contribution in [3.05, 3.63) is 77.2 Å². The summed E-state index contributed by atoms with van der Waals surface area (Å²) in [5.41, 5.74) is 4.31. The quantitative estimate of drug-likeness (QED) is 0.397. The molecule has 4 rings (SSSR count). The topological polar surface area (TPSA) is 67.8 Å². The van der Waals surface area contributed by atoms with Crippen LogP contribution in [0.5, 0.6) is 11.5 Å². The number of hydrogen-bond donors (Lipinski definition) is 0. The molecule has 0 bridgehead atoms. The van der Waals surface area contributed by atoms with Gasteiger partial charge in [-0.15, -0.1) is 0 Å². The van der Waals surface area contributed by atoms with Crippen molar-refractivity contribution in [2.24, 2.45) is 0 Å². The predicted molar refractivity (Wildman–Crippen MR) is 139 cm³/mol. The Labute approximate surface area is 210 Å². The second-order valence-corrected chi connectivity index (χ2v) is 8.96. The van der Waals surface area contributed by atoms with Crippen LogP contribution in [0.2, 0.25) is 5.02 Å². The van der Waals surface area contributed by atoms with Crippen molar-refractivity contribution in [1.82, 2.24) is 19.8 Å². The molecule has 0 N–H and O–H groups in total. The normalized spacial score (nSPS) is 13.4. The van der Waals surface area contributed by atoms with E-state index < -0.39 is 0 Å². The molecule has 1 fully saturated rings. The van der Waals surface area contributed by atoms with E-state index in [0.717, 1.165) is 47.4 Å². The number of pyridine rings is 2. The van der Waals surface area contributed by atoms with Crippen molar-refractivity contribution in [2.75, 3.05) is 33.8 Å². The Bertz CT molecular complexity index is 1280. The number of carbonyl (C=O) groups is 1. The Morgan fingerprint density at radius 3 is 2.71 bits per heavy atom. The summed E-state index contributed by atoms with van der Waals surface area (Å²) in [5, 5.41) is 1.38. The third kappa shape index (κ3) is 5.41. The molecule has 7 nitrogen and oxygen atoms in total. The van der Waals surface area contributed by atoms with Crippen molar-refractivity contribution in [1.29, 1.82) is 0 Å². The van der Waals surface area contributed by atoms with Gasteiger partial charge in [-0.2, -0.15) is 0 Å². The van der Waals surface area contributed by atoms with Gasteiger partial charge in [0.1, 0.15) is 23.6 Å². The molecule has 1 amide bonds. The maximum atomic E-state index is 12.2.